The maximum Gasteiger partial charge on any atom is -0.00464 e. The summed E-state index contributed by atoms with van der Waals surface area (Å²) in [6.45, 7) is 15.6. The molecule has 0 radical (unpaired) electrons. The maximum atomic E-state index is 4.02. The van der Waals surface area contributed by atoms with Crippen molar-refractivity contribution in [2.24, 2.45) is 23.2 Å². The van der Waals surface area contributed by atoms with E-state index in [-0.39, 0.29) is 0 Å². The smallest absolute Gasteiger partial charge is 0.00464 e. The topological polar surface area (TPSA) is 12.0 Å². The summed E-state index contributed by atoms with van der Waals surface area (Å²) in [6, 6.07) is 0. The summed E-state index contributed by atoms with van der Waals surface area (Å²) in [6.07, 6.45) is 6.22. The summed E-state index contributed by atoms with van der Waals surface area (Å²) >= 11 is 0. The summed E-state index contributed by atoms with van der Waals surface area (Å²) in [5.74, 6) is 2.51. The molecule has 0 aliphatic heterocycles. The zero-order valence-corrected chi connectivity index (χ0v) is 11.6. The molecular weight excluding hydrogens is 194 g/mol. The van der Waals surface area contributed by atoms with Crippen LogP contribution in [-0.2, 0) is 0 Å². The van der Waals surface area contributed by atoms with E-state index in [9.17, 15) is 0 Å². The number of hydrogen-bond donors (Lipinski definition) is 1. The van der Waals surface area contributed by atoms with E-state index in [2.05, 4.69) is 45.7 Å². The van der Waals surface area contributed by atoms with E-state index in [1.807, 2.05) is 0 Å². The molecule has 0 amide bonds. The number of hydrogen-bond acceptors (Lipinski definition) is 1. The summed E-state index contributed by atoms with van der Waals surface area (Å²) in [5.41, 5.74) is 0.492. The van der Waals surface area contributed by atoms with E-state index in [0.717, 1.165) is 24.3 Å². The van der Waals surface area contributed by atoms with E-state index >= 15 is 0 Å². The predicted octanol–water partition coefficient (Wildman–Crippen LogP) is 3.86. The number of rotatable bonds is 8. The Morgan fingerprint density at radius 1 is 1.44 bits per heavy atom. The molecule has 1 nitrogen and oxygen atoms in total. The van der Waals surface area contributed by atoms with Crippen molar-refractivity contribution in [1.82, 2.24) is 5.32 Å². The van der Waals surface area contributed by atoms with Crippen LogP contribution in [0.15, 0.2) is 12.7 Å². The molecule has 1 fully saturated rings. The average molecular weight is 223 g/mol. The predicted molar refractivity (Wildman–Crippen MR) is 72.5 cm³/mol. The first kappa shape index (κ1) is 13.8. The Kier molecular flexibility index (Phi) is 5.04. The van der Waals surface area contributed by atoms with Crippen LogP contribution in [-0.4, -0.2) is 13.1 Å². The van der Waals surface area contributed by atoms with Crippen LogP contribution in [0.4, 0.5) is 0 Å². The van der Waals surface area contributed by atoms with Crippen LogP contribution in [0.25, 0.3) is 0 Å². The van der Waals surface area contributed by atoms with Crippen LogP contribution in [0, 0.1) is 23.2 Å². The fraction of sp³-hybridized carbons (Fsp3) is 0.867. The summed E-state index contributed by atoms with van der Waals surface area (Å²) in [4.78, 5) is 0. The normalized spacial score (nSPS) is 32.1. The molecule has 1 aliphatic carbocycles. The average Bonchev–Trinajstić information content (AvgIpc) is 2.89. The highest BCUT2D eigenvalue weighted by Crippen LogP contribution is 2.57. The lowest BCUT2D eigenvalue weighted by atomic mass is 9.82. The molecule has 0 saturated heterocycles. The van der Waals surface area contributed by atoms with Crippen LogP contribution in [0.5, 0.6) is 0 Å². The SMILES string of the molecule is C=CC1(C[C@H](C)C(C)CCNCC)CC1C. The molecule has 0 spiro atoms. The van der Waals surface area contributed by atoms with Gasteiger partial charge in [-0.25, -0.2) is 0 Å². The summed E-state index contributed by atoms with van der Waals surface area (Å²) in [7, 11) is 0. The Morgan fingerprint density at radius 2 is 2.06 bits per heavy atom. The standard InChI is InChI=1S/C15H29N/c1-6-15(11-14(15)5)10-13(4)12(3)8-9-16-7-2/h6,12-14,16H,1,7-11H2,2-5H3/t12?,13-,14?,15?/m0/s1. The first-order valence-corrected chi connectivity index (χ1v) is 6.90. The van der Waals surface area contributed by atoms with Crippen molar-refractivity contribution in [2.45, 2.75) is 47.0 Å². The van der Waals surface area contributed by atoms with Gasteiger partial charge in [-0.05, 0) is 55.5 Å². The molecule has 0 bridgehead atoms. The van der Waals surface area contributed by atoms with Crippen molar-refractivity contribution < 1.29 is 0 Å². The van der Waals surface area contributed by atoms with E-state index in [1.54, 1.807) is 0 Å². The Balaban J connectivity index is 2.28. The molecule has 4 atom stereocenters. The molecule has 16 heavy (non-hydrogen) atoms. The zero-order chi connectivity index (χ0) is 12.2. The monoisotopic (exact) mass is 223 g/mol. The van der Waals surface area contributed by atoms with Crippen LogP contribution in [0.2, 0.25) is 0 Å². The van der Waals surface area contributed by atoms with Crippen LogP contribution in [0.1, 0.15) is 47.0 Å². The molecule has 0 aromatic rings. The van der Waals surface area contributed by atoms with Crippen molar-refractivity contribution >= 4 is 0 Å². The summed E-state index contributed by atoms with van der Waals surface area (Å²) < 4.78 is 0. The van der Waals surface area contributed by atoms with Gasteiger partial charge in [0, 0.05) is 0 Å². The maximum absolute atomic E-state index is 4.02. The molecule has 0 aromatic heterocycles. The van der Waals surface area contributed by atoms with Crippen molar-refractivity contribution in [3.63, 3.8) is 0 Å². The van der Waals surface area contributed by atoms with Gasteiger partial charge in [0.1, 0.15) is 0 Å². The lowest BCUT2D eigenvalue weighted by Crippen LogP contribution is -2.21. The van der Waals surface area contributed by atoms with E-state index in [1.165, 1.54) is 25.8 Å². The van der Waals surface area contributed by atoms with Gasteiger partial charge in [-0.15, -0.1) is 6.58 Å². The minimum Gasteiger partial charge on any atom is -0.317 e. The van der Waals surface area contributed by atoms with Gasteiger partial charge in [0.25, 0.3) is 0 Å². The quantitative estimate of drug-likeness (QED) is 0.487. The largest absolute Gasteiger partial charge is 0.317 e. The molecule has 1 saturated carbocycles. The molecule has 3 unspecified atom stereocenters. The highest BCUT2D eigenvalue weighted by Gasteiger charge is 2.48. The third kappa shape index (κ3) is 3.35. The third-order valence-corrected chi connectivity index (χ3v) is 4.61. The van der Waals surface area contributed by atoms with Crippen molar-refractivity contribution in [2.75, 3.05) is 13.1 Å². The van der Waals surface area contributed by atoms with E-state index < -0.39 is 0 Å². The zero-order valence-electron chi connectivity index (χ0n) is 11.6. The highest BCUT2D eigenvalue weighted by molar-refractivity contribution is 5.11. The number of allylic oxidation sites excluding steroid dienone is 1. The second kappa shape index (κ2) is 5.86. The van der Waals surface area contributed by atoms with Crippen LogP contribution < -0.4 is 5.32 Å². The molecule has 0 heterocycles. The Bertz CT molecular complexity index is 223. The fourth-order valence-electron chi connectivity index (χ4n) is 2.76. The fourth-order valence-corrected chi connectivity index (χ4v) is 2.76. The lowest BCUT2D eigenvalue weighted by Gasteiger charge is -2.24. The highest BCUT2D eigenvalue weighted by atomic mass is 14.8. The van der Waals surface area contributed by atoms with Gasteiger partial charge < -0.3 is 5.32 Å². The van der Waals surface area contributed by atoms with Gasteiger partial charge in [0.2, 0.25) is 0 Å². The Morgan fingerprint density at radius 3 is 2.50 bits per heavy atom. The molecule has 1 N–H and O–H groups in total. The Labute approximate surface area is 102 Å². The molecule has 0 aromatic carbocycles. The number of nitrogens with one attached hydrogen (secondary N) is 1. The van der Waals surface area contributed by atoms with Gasteiger partial charge in [0.05, 0.1) is 0 Å². The van der Waals surface area contributed by atoms with Gasteiger partial charge in [-0.2, -0.15) is 0 Å². The second-order valence-electron chi connectivity index (χ2n) is 5.84. The first-order chi connectivity index (χ1) is 7.55. The first-order valence-electron chi connectivity index (χ1n) is 6.90. The van der Waals surface area contributed by atoms with E-state index in [0.29, 0.717) is 5.41 Å². The molecule has 1 aliphatic rings. The van der Waals surface area contributed by atoms with Gasteiger partial charge in [-0.3, -0.25) is 0 Å². The molecule has 94 valence electrons. The van der Waals surface area contributed by atoms with Crippen molar-refractivity contribution in [3.8, 4) is 0 Å². The molecule has 1 rings (SSSR count). The molecular formula is C15H29N. The van der Waals surface area contributed by atoms with Gasteiger partial charge in [0.15, 0.2) is 0 Å². The van der Waals surface area contributed by atoms with Gasteiger partial charge >= 0.3 is 0 Å². The van der Waals surface area contributed by atoms with Crippen LogP contribution >= 0.6 is 0 Å². The third-order valence-electron chi connectivity index (χ3n) is 4.61. The van der Waals surface area contributed by atoms with Crippen LogP contribution in [0.3, 0.4) is 0 Å². The Hall–Kier alpha value is -0.300. The minimum atomic E-state index is 0.492. The van der Waals surface area contributed by atoms with Crippen molar-refractivity contribution in [3.05, 3.63) is 12.7 Å². The van der Waals surface area contributed by atoms with E-state index in [4.69, 9.17) is 0 Å². The minimum absolute atomic E-state index is 0.492. The van der Waals surface area contributed by atoms with Gasteiger partial charge in [-0.1, -0.05) is 33.8 Å². The lowest BCUT2D eigenvalue weighted by molar-refractivity contribution is 0.294. The molecule has 1 heteroatoms. The summed E-state index contributed by atoms with van der Waals surface area (Å²) in [5, 5.41) is 3.42. The second-order valence-corrected chi connectivity index (χ2v) is 5.84. The van der Waals surface area contributed by atoms with Crippen molar-refractivity contribution in [1.29, 1.82) is 0 Å².